The average Bonchev–Trinajstić information content (AvgIpc) is 3.01. The lowest BCUT2D eigenvalue weighted by molar-refractivity contribution is -0.143. The Morgan fingerprint density at radius 2 is 1.97 bits per heavy atom. The maximum atomic E-state index is 12.9. The van der Waals surface area contributed by atoms with Crippen LogP contribution in [0.15, 0.2) is 21.5 Å². The van der Waals surface area contributed by atoms with Crippen LogP contribution in [0.4, 0.5) is 4.79 Å². The lowest BCUT2D eigenvalue weighted by Gasteiger charge is -2.25. The van der Waals surface area contributed by atoms with E-state index >= 15 is 0 Å². The molecule has 0 unspecified atom stereocenters. The number of imide groups is 1. The van der Waals surface area contributed by atoms with Gasteiger partial charge in [0.15, 0.2) is 18.1 Å². The molecule has 0 N–H and O–H groups in total. The molecule has 1 heterocycles. The van der Waals surface area contributed by atoms with Gasteiger partial charge < -0.3 is 14.2 Å². The van der Waals surface area contributed by atoms with Crippen molar-refractivity contribution in [3.05, 3.63) is 27.1 Å². The van der Waals surface area contributed by atoms with Crippen molar-refractivity contribution in [2.75, 3.05) is 26.9 Å². The molecular formula is C22H26BrNO6S. The van der Waals surface area contributed by atoms with Crippen LogP contribution in [0.5, 0.6) is 11.5 Å². The molecule has 1 aliphatic carbocycles. The van der Waals surface area contributed by atoms with Crippen LogP contribution in [-0.2, 0) is 14.3 Å². The number of ether oxygens (including phenoxy) is 3. The highest BCUT2D eigenvalue weighted by atomic mass is 79.9. The molecule has 1 saturated carbocycles. The lowest BCUT2D eigenvalue weighted by Crippen LogP contribution is -2.34. The van der Waals surface area contributed by atoms with Crippen LogP contribution in [0.3, 0.4) is 0 Å². The Labute approximate surface area is 194 Å². The number of carbonyl (C=O) groups excluding carboxylic acids is 3. The van der Waals surface area contributed by atoms with Crippen molar-refractivity contribution in [2.24, 2.45) is 5.92 Å². The number of nitrogens with zero attached hydrogens (tertiary/aromatic N) is 1. The fraction of sp³-hybridized carbons (Fsp3) is 0.500. The highest BCUT2D eigenvalue weighted by Gasteiger charge is 2.36. The number of halogens is 1. The molecule has 0 atom stereocenters. The fourth-order valence-corrected chi connectivity index (χ4v) is 5.12. The van der Waals surface area contributed by atoms with Gasteiger partial charge in [-0.15, -0.1) is 0 Å². The first-order valence-electron chi connectivity index (χ1n) is 10.3. The third-order valence-electron chi connectivity index (χ3n) is 5.23. The molecule has 31 heavy (non-hydrogen) atoms. The quantitative estimate of drug-likeness (QED) is 0.358. The summed E-state index contributed by atoms with van der Waals surface area (Å²) in [5.41, 5.74) is 0.684. The summed E-state index contributed by atoms with van der Waals surface area (Å²) in [7, 11) is 1.29. The first-order chi connectivity index (χ1) is 14.9. The molecular weight excluding hydrogens is 486 g/mol. The standard InChI is InChI=1S/C22H26BrNO6S/c1-3-29-17-10-15(9-16(23)20(17)30-13-19(25)28-2)11-18-21(26)24(22(27)31-18)12-14-7-5-4-6-8-14/h9-11,14H,3-8,12-13H2,1-2H3/b18-11+. The van der Waals surface area contributed by atoms with Crippen molar-refractivity contribution in [2.45, 2.75) is 39.0 Å². The molecule has 3 rings (SSSR count). The summed E-state index contributed by atoms with van der Waals surface area (Å²) in [6, 6.07) is 3.47. The minimum atomic E-state index is -0.509. The molecule has 1 aromatic carbocycles. The molecule has 2 fully saturated rings. The Hall–Kier alpha value is -2.00. The minimum absolute atomic E-state index is 0.219. The van der Waals surface area contributed by atoms with E-state index in [0.29, 0.717) is 45.5 Å². The molecule has 0 radical (unpaired) electrons. The summed E-state index contributed by atoms with van der Waals surface area (Å²) in [6.45, 7) is 2.47. The maximum absolute atomic E-state index is 12.9. The summed E-state index contributed by atoms with van der Waals surface area (Å²) < 4.78 is 16.4. The highest BCUT2D eigenvalue weighted by molar-refractivity contribution is 9.10. The van der Waals surface area contributed by atoms with Gasteiger partial charge in [-0.2, -0.15) is 0 Å². The number of amides is 2. The zero-order valence-electron chi connectivity index (χ0n) is 17.6. The molecule has 0 aromatic heterocycles. The van der Waals surface area contributed by atoms with Crippen molar-refractivity contribution in [3.63, 3.8) is 0 Å². The lowest BCUT2D eigenvalue weighted by atomic mass is 9.89. The number of carbonyl (C=O) groups is 3. The second kappa shape index (κ2) is 11.0. The summed E-state index contributed by atoms with van der Waals surface area (Å²) in [5.74, 6) is 0.431. The van der Waals surface area contributed by atoms with Crippen LogP contribution in [0.2, 0.25) is 0 Å². The predicted molar refractivity (Wildman–Crippen MR) is 122 cm³/mol. The normalized spacial score (nSPS) is 18.5. The van der Waals surface area contributed by atoms with Gasteiger partial charge in [0.05, 0.1) is 23.1 Å². The van der Waals surface area contributed by atoms with E-state index in [1.54, 1.807) is 18.2 Å². The van der Waals surface area contributed by atoms with Crippen molar-refractivity contribution < 1.29 is 28.6 Å². The molecule has 1 aliphatic heterocycles. The molecule has 7 nitrogen and oxygen atoms in total. The molecule has 0 bridgehead atoms. The van der Waals surface area contributed by atoms with Gasteiger partial charge in [0.2, 0.25) is 0 Å². The van der Waals surface area contributed by atoms with Gasteiger partial charge >= 0.3 is 5.97 Å². The van der Waals surface area contributed by atoms with E-state index in [-0.39, 0.29) is 17.8 Å². The molecule has 9 heteroatoms. The first kappa shape index (κ1) is 23.7. The van der Waals surface area contributed by atoms with Crippen LogP contribution < -0.4 is 9.47 Å². The van der Waals surface area contributed by atoms with Crippen molar-refractivity contribution in [1.29, 1.82) is 0 Å². The number of hydrogen-bond acceptors (Lipinski definition) is 7. The topological polar surface area (TPSA) is 82.1 Å². The first-order valence-corrected chi connectivity index (χ1v) is 11.9. The zero-order valence-corrected chi connectivity index (χ0v) is 20.1. The Morgan fingerprint density at radius 3 is 2.65 bits per heavy atom. The van der Waals surface area contributed by atoms with Gasteiger partial charge in [-0.05, 0) is 77.1 Å². The van der Waals surface area contributed by atoms with E-state index in [1.165, 1.54) is 18.4 Å². The number of methoxy groups -OCH3 is 1. The van der Waals surface area contributed by atoms with Crippen molar-refractivity contribution >= 4 is 50.9 Å². The van der Waals surface area contributed by atoms with Crippen LogP contribution in [0.1, 0.15) is 44.6 Å². The van der Waals surface area contributed by atoms with Crippen LogP contribution >= 0.6 is 27.7 Å². The summed E-state index contributed by atoms with van der Waals surface area (Å²) >= 11 is 4.40. The summed E-state index contributed by atoms with van der Waals surface area (Å²) in [4.78, 5) is 38.5. The van der Waals surface area contributed by atoms with Gasteiger partial charge in [0.25, 0.3) is 11.1 Å². The Morgan fingerprint density at radius 1 is 1.23 bits per heavy atom. The predicted octanol–water partition coefficient (Wildman–Crippen LogP) is 5.02. The molecule has 0 spiro atoms. The second-order valence-corrected chi connectivity index (χ2v) is 9.27. The van der Waals surface area contributed by atoms with E-state index in [2.05, 4.69) is 20.7 Å². The van der Waals surface area contributed by atoms with Gasteiger partial charge in [-0.25, -0.2) is 4.79 Å². The van der Waals surface area contributed by atoms with Crippen LogP contribution in [0, 0.1) is 5.92 Å². The minimum Gasteiger partial charge on any atom is -0.490 e. The molecule has 2 aliphatic rings. The van der Waals surface area contributed by atoms with Crippen LogP contribution in [0.25, 0.3) is 6.08 Å². The smallest absolute Gasteiger partial charge is 0.343 e. The van der Waals surface area contributed by atoms with E-state index in [0.717, 1.165) is 37.4 Å². The van der Waals surface area contributed by atoms with E-state index < -0.39 is 5.97 Å². The molecule has 168 valence electrons. The van der Waals surface area contributed by atoms with E-state index in [4.69, 9.17) is 9.47 Å². The molecule has 2 amide bonds. The number of thioether (sulfide) groups is 1. The SMILES string of the molecule is CCOc1cc(/C=C2/SC(=O)N(CC3CCCCC3)C2=O)cc(Br)c1OCC(=O)OC. The molecule has 1 aromatic rings. The zero-order chi connectivity index (χ0) is 22.4. The van der Waals surface area contributed by atoms with E-state index in [1.807, 2.05) is 6.92 Å². The van der Waals surface area contributed by atoms with Gasteiger partial charge in [-0.1, -0.05) is 19.3 Å². The van der Waals surface area contributed by atoms with Gasteiger partial charge in [0.1, 0.15) is 0 Å². The third kappa shape index (κ3) is 6.04. The van der Waals surface area contributed by atoms with Crippen LogP contribution in [-0.4, -0.2) is 48.9 Å². The fourth-order valence-electron chi connectivity index (χ4n) is 3.70. The van der Waals surface area contributed by atoms with E-state index in [9.17, 15) is 14.4 Å². The van der Waals surface area contributed by atoms with Crippen molar-refractivity contribution in [3.8, 4) is 11.5 Å². The Balaban J connectivity index is 1.79. The Kier molecular flexibility index (Phi) is 8.43. The second-order valence-electron chi connectivity index (χ2n) is 7.42. The largest absolute Gasteiger partial charge is 0.490 e. The monoisotopic (exact) mass is 511 g/mol. The number of hydrogen-bond donors (Lipinski definition) is 0. The number of esters is 1. The summed E-state index contributed by atoms with van der Waals surface area (Å²) in [5, 5.41) is -0.219. The molecule has 1 saturated heterocycles. The highest BCUT2D eigenvalue weighted by Crippen LogP contribution is 2.40. The third-order valence-corrected chi connectivity index (χ3v) is 6.73. The Bertz CT molecular complexity index is 881. The average molecular weight is 512 g/mol. The summed E-state index contributed by atoms with van der Waals surface area (Å²) in [6.07, 6.45) is 7.37. The number of rotatable bonds is 8. The maximum Gasteiger partial charge on any atom is 0.343 e. The number of benzene rings is 1. The van der Waals surface area contributed by atoms with Gasteiger partial charge in [0, 0.05) is 6.54 Å². The van der Waals surface area contributed by atoms with Gasteiger partial charge in [-0.3, -0.25) is 14.5 Å². The van der Waals surface area contributed by atoms with Crippen molar-refractivity contribution in [1.82, 2.24) is 4.90 Å².